The molecule has 7 nitrogen and oxygen atoms in total. The summed E-state index contributed by atoms with van der Waals surface area (Å²) in [4.78, 5) is 34.8. The third-order valence-electron chi connectivity index (χ3n) is 4.21. The van der Waals surface area contributed by atoms with Gasteiger partial charge in [0.1, 0.15) is 11.8 Å². The number of hydrogen-bond acceptors (Lipinski definition) is 4. The Labute approximate surface area is 170 Å². The minimum atomic E-state index is -1.11. The molecule has 0 radical (unpaired) electrons. The summed E-state index contributed by atoms with van der Waals surface area (Å²) in [6, 6.07) is 13.1. The van der Waals surface area contributed by atoms with Gasteiger partial charge in [-0.25, -0.2) is 0 Å². The van der Waals surface area contributed by atoms with Crippen LogP contribution < -0.4 is 15.4 Å². The van der Waals surface area contributed by atoms with Gasteiger partial charge < -0.3 is 20.5 Å². The summed E-state index contributed by atoms with van der Waals surface area (Å²) in [7, 11) is 0. The lowest BCUT2D eigenvalue weighted by Gasteiger charge is -2.10. The van der Waals surface area contributed by atoms with Gasteiger partial charge in [0, 0.05) is 17.7 Å². The van der Waals surface area contributed by atoms with Gasteiger partial charge in [-0.2, -0.15) is 0 Å². The zero-order valence-corrected chi connectivity index (χ0v) is 16.6. The van der Waals surface area contributed by atoms with E-state index in [1.807, 2.05) is 31.2 Å². The normalized spacial score (nSPS) is 11.4. The van der Waals surface area contributed by atoms with E-state index in [-0.39, 0.29) is 5.91 Å². The monoisotopic (exact) mass is 398 g/mol. The molecule has 0 fully saturated rings. The molecule has 29 heavy (non-hydrogen) atoms. The van der Waals surface area contributed by atoms with Crippen LogP contribution in [0.2, 0.25) is 0 Å². The molecule has 0 aromatic heterocycles. The number of benzene rings is 2. The van der Waals surface area contributed by atoms with Gasteiger partial charge in [0.15, 0.2) is 0 Å². The van der Waals surface area contributed by atoms with E-state index >= 15 is 0 Å². The minimum Gasteiger partial charge on any atom is -0.494 e. The van der Waals surface area contributed by atoms with Crippen LogP contribution in [0.1, 0.15) is 42.1 Å². The van der Waals surface area contributed by atoms with Crippen molar-refractivity contribution in [3.63, 3.8) is 0 Å². The first-order valence-corrected chi connectivity index (χ1v) is 9.48. The molecule has 2 aromatic rings. The van der Waals surface area contributed by atoms with E-state index in [0.717, 1.165) is 17.7 Å². The van der Waals surface area contributed by atoms with Gasteiger partial charge in [-0.1, -0.05) is 12.1 Å². The van der Waals surface area contributed by atoms with Crippen molar-refractivity contribution in [2.75, 3.05) is 11.9 Å². The fourth-order valence-corrected chi connectivity index (χ4v) is 2.55. The maximum atomic E-state index is 12.0. The van der Waals surface area contributed by atoms with Crippen LogP contribution in [-0.2, 0) is 9.59 Å². The van der Waals surface area contributed by atoms with E-state index in [1.54, 1.807) is 12.1 Å². The van der Waals surface area contributed by atoms with Crippen molar-refractivity contribution in [2.45, 2.75) is 39.2 Å². The predicted molar refractivity (Wildman–Crippen MR) is 110 cm³/mol. The molecule has 1 atom stereocenters. The number of carboxylic acids is 1. The standard InChI is InChI=1S/C22H26N2O5/c1-15-6-5-7-19(14-15)29-13-4-3-8-20(25)24-18-11-9-17(10-12-18)21(26)23-16(2)22(27)28/h5-7,9-12,14,16H,3-4,8,13H2,1-2H3,(H,23,26)(H,24,25)(H,27,28). The molecule has 0 saturated carbocycles. The molecule has 2 amide bonds. The molecule has 0 aliphatic heterocycles. The summed E-state index contributed by atoms with van der Waals surface area (Å²) in [6.07, 6.45) is 1.84. The largest absolute Gasteiger partial charge is 0.494 e. The van der Waals surface area contributed by atoms with Gasteiger partial charge >= 0.3 is 5.97 Å². The molecule has 2 rings (SSSR count). The molecule has 0 aliphatic rings. The lowest BCUT2D eigenvalue weighted by Crippen LogP contribution is -2.38. The third kappa shape index (κ3) is 7.65. The van der Waals surface area contributed by atoms with E-state index in [2.05, 4.69) is 10.6 Å². The Morgan fingerprint density at radius 3 is 2.45 bits per heavy atom. The lowest BCUT2D eigenvalue weighted by atomic mass is 10.1. The molecule has 1 unspecified atom stereocenters. The number of nitrogens with one attached hydrogen (secondary N) is 2. The highest BCUT2D eigenvalue weighted by atomic mass is 16.5. The van der Waals surface area contributed by atoms with Crippen LogP contribution in [-0.4, -0.2) is 35.5 Å². The van der Waals surface area contributed by atoms with Crippen molar-refractivity contribution >= 4 is 23.5 Å². The molecule has 0 spiro atoms. The van der Waals surface area contributed by atoms with Crippen molar-refractivity contribution in [3.8, 4) is 5.75 Å². The first kappa shape index (κ1) is 21.9. The lowest BCUT2D eigenvalue weighted by molar-refractivity contribution is -0.138. The number of hydrogen-bond donors (Lipinski definition) is 3. The Balaban J connectivity index is 1.69. The number of unbranched alkanes of at least 4 members (excludes halogenated alkanes) is 1. The summed E-state index contributed by atoms with van der Waals surface area (Å²) in [5.41, 5.74) is 2.04. The molecule has 3 N–H and O–H groups in total. The number of anilines is 1. The fourth-order valence-electron chi connectivity index (χ4n) is 2.55. The van der Waals surface area contributed by atoms with Crippen molar-refractivity contribution < 1.29 is 24.2 Å². The van der Waals surface area contributed by atoms with Crippen LogP contribution in [0.3, 0.4) is 0 Å². The van der Waals surface area contributed by atoms with E-state index < -0.39 is 17.9 Å². The second-order valence-corrected chi connectivity index (χ2v) is 6.78. The van der Waals surface area contributed by atoms with Crippen LogP contribution in [0, 0.1) is 6.92 Å². The van der Waals surface area contributed by atoms with Gasteiger partial charge in [0.25, 0.3) is 5.91 Å². The van der Waals surface area contributed by atoms with Crippen LogP contribution >= 0.6 is 0 Å². The number of rotatable bonds is 10. The van der Waals surface area contributed by atoms with Crippen molar-refractivity contribution in [1.29, 1.82) is 0 Å². The summed E-state index contributed by atoms with van der Waals surface area (Å²) >= 11 is 0. The summed E-state index contributed by atoms with van der Waals surface area (Å²) < 4.78 is 5.66. The van der Waals surface area contributed by atoms with Gasteiger partial charge in [0.2, 0.25) is 5.91 Å². The molecular formula is C22H26N2O5. The maximum Gasteiger partial charge on any atom is 0.325 e. The zero-order valence-electron chi connectivity index (χ0n) is 16.6. The Morgan fingerprint density at radius 2 is 1.79 bits per heavy atom. The zero-order chi connectivity index (χ0) is 21.2. The third-order valence-corrected chi connectivity index (χ3v) is 4.21. The van der Waals surface area contributed by atoms with Crippen LogP contribution in [0.4, 0.5) is 5.69 Å². The smallest absolute Gasteiger partial charge is 0.325 e. The minimum absolute atomic E-state index is 0.114. The predicted octanol–water partition coefficient (Wildman–Crippen LogP) is 3.39. The average molecular weight is 398 g/mol. The number of carboxylic acid groups (broad SMARTS) is 1. The molecule has 0 heterocycles. The second-order valence-electron chi connectivity index (χ2n) is 6.78. The molecular weight excluding hydrogens is 372 g/mol. The van der Waals surface area contributed by atoms with E-state index in [9.17, 15) is 14.4 Å². The number of amides is 2. The van der Waals surface area contributed by atoms with Crippen LogP contribution in [0.25, 0.3) is 0 Å². The fraction of sp³-hybridized carbons (Fsp3) is 0.318. The summed E-state index contributed by atoms with van der Waals surface area (Å²) in [5.74, 6) is -0.869. The molecule has 2 aromatic carbocycles. The van der Waals surface area contributed by atoms with Gasteiger partial charge in [0.05, 0.1) is 6.61 Å². The van der Waals surface area contributed by atoms with E-state index in [4.69, 9.17) is 9.84 Å². The number of ether oxygens (including phenoxy) is 1. The Bertz CT molecular complexity index is 849. The Kier molecular flexibility index (Phi) is 8.21. The maximum absolute atomic E-state index is 12.0. The first-order chi connectivity index (χ1) is 13.8. The van der Waals surface area contributed by atoms with Crippen LogP contribution in [0.15, 0.2) is 48.5 Å². The Morgan fingerprint density at radius 1 is 1.07 bits per heavy atom. The van der Waals surface area contributed by atoms with E-state index in [0.29, 0.717) is 30.7 Å². The SMILES string of the molecule is Cc1cccc(OCCCCC(=O)Nc2ccc(C(=O)NC(C)C(=O)O)cc2)c1. The number of carbonyl (C=O) groups is 3. The highest BCUT2D eigenvalue weighted by molar-refractivity contribution is 5.97. The molecule has 7 heteroatoms. The van der Waals surface area contributed by atoms with Gasteiger partial charge in [-0.15, -0.1) is 0 Å². The molecule has 0 aliphatic carbocycles. The quantitative estimate of drug-likeness (QED) is 0.532. The van der Waals surface area contributed by atoms with Crippen molar-refractivity contribution in [1.82, 2.24) is 5.32 Å². The Hall–Kier alpha value is -3.35. The van der Waals surface area contributed by atoms with Crippen molar-refractivity contribution in [2.24, 2.45) is 0 Å². The average Bonchev–Trinajstić information content (AvgIpc) is 2.68. The number of aliphatic carboxylic acids is 1. The summed E-state index contributed by atoms with van der Waals surface area (Å²) in [6.45, 7) is 3.95. The number of carbonyl (C=O) groups excluding carboxylic acids is 2. The molecule has 0 bridgehead atoms. The number of aryl methyl sites for hydroxylation is 1. The molecule has 154 valence electrons. The molecule has 0 saturated heterocycles. The van der Waals surface area contributed by atoms with E-state index in [1.165, 1.54) is 19.1 Å². The van der Waals surface area contributed by atoms with Crippen molar-refractivity contribution in [3.05, 3.63) is 59.7 Å². The first-order valence-electron chi connectivity index (χ1n) is 9.48. The highest BCUT2D eigenvalue weighted by Crippen LogP contribution is 2.14. The van der Waals surface area contributed by atoms with Gasteiger partial charge in [-0.05, 0) is 68.7 Å². The highest BCUT2D eigenvalue weighted by Gasteiger charge is 2.15. The van der Waals surface area contributed by atoms with Gasteiger partial charge in [-0.3, -0.25) is 14.4 Å². The van der Waals surface area contributed by atoms with Crippen LogP contribution in [0.5, 0.6) is 5.75 Å². The second kappa shape index (κ2) is 10.8. The topological polar surface area (TPSA) is 105 Å². The summed E-state index contributed by atoms with van der Waals surface area (Å²) in [5, 5.41) is 14.0.